The number of hydrogen-bond acceptors (Lipinski definition) is 5. The van der Waals surface area contributed by atoms with Crippen molar-refractivity contribution in [2.24, 2.45) is 0 Å². The zero-order valence-corrected chi connectivity index (χ0v) is 11.7. The highest BCUT2D eigenvalue weighted by Gasteiger charge is 2.32. The number of para-hydroxylation sites is 2. The van der Waals surface area contributed by atoms with E-state index in [0.717, 1.165) is 5.69 Å². The summed E-state index contributed by atoms with van der Waals surface area (Å²) in [5, 5.41) is 3.16. The van der Waals surface area contributed by atoms with E-state index in [4.69, 9.17) is 4.74 Å². The molecule has 1 amide bonds. The molecular formula is C13H16N2O4S. The van der Waals surface area contributed by atoms with Crippen molar-refractivity contribution in [3.8, 4) is 5.75 Å². The molecule has 1 N–H and O–H groups in total. The largest absolute Gasteiger partial charge is 0.477 e. The number of hydrogen-bond donors (Lipinski definition) is 1. The summed E-state index contributed by atoms with van der Waals surface area (Å²) in [4.78, 5) is 13.9. The molecule has 0 aliphatic carbocycles. The molecule has 0 bridgehead atoms. The molecule has 3 rings (SSSR count). The molecule has 1 aromatic carbocycles. The fourth-order valence-electron chi connectivity index (χ4n) is 2.39. The van der Waals surface area contributed by atoms with E-state index in [-0.39, 0.29) is 30.5 Å². The zero-order valence-electron chi connectivity index (χ0n) is 10.9. The molecule has 1 unspecified atom stereocenters. The Kier molecular flexibility index (Phi) is 3.29. The van der Waals surface area contributed by atoms with Gasteiger partial charge in [-0.2, -0.15) is 0 Å². The van der Waals surface area contributed by atoms with Crippen LogP contribution in [0.3, 0.4) is 0 Å². The first-order valence-electron chi connectivity index (χ1n) is 6.54. The summed E-state index contributed by atoms with van der Waals surface area (Å²) in [6.07, 6.45) is -0.592. The van der Waals surface area contributed by atoms with Crippen molar-refractivity contribution < 1.29 is 17.9 Å². The predicted octanol–water partition coefficient (Wildman–Crippen LogP) is 0.117. The van der Waals surface area contributed by atoms with Gasteiger partial charge in [-0.1, -0.05) is 12.1 Å². The first-order chi connectivity index (χ1) is 9.55. The van der Waals surface area contributed by atoms with Crippen LogP contribution in [0.1, 0.15) is 0 Å². The Morgan fingerprint density at radius 3 is 2.70 bits per heavy atom. The molecule has 6 nitrogen and oxygen atoms in total. The average molecular weight is 296 g/mol. The second-order valence-corrected chi connectivity index (χ2v) is 7.26. The molecule has 0 saturated carbocycles. The third-order valence-corrected chi connectivity index (χ3v) is 5.17. The number of anilines is 1. The van der Waals surface area contributed by atoms with Crippen molar-refractivity contribution in [2.75, 3.05) is 36.5 Å². The molecule has 7 heteroatoms. The van der Waals surface area contributed by atoms with E-state index in [1.54, 1.807) is 4.90 Å². The van der Waals surface area contributed by atoms with Crippen molar-refractivity contribution in [2.45, 2.75) is 6.10 Å². The smallest absolute Gasteiger partial charge is 0.265 e. The van der Waals surface area contributed by atoms with E-state index < -0.39 is 15.9 Å². The van der Waals surface area contributed by atoms with Crippen molar-refractivity contribution >= 4 is 21.4 Å². The molecule has 2 heterocycles. The van der Waals surface area contributed by atoms with Crippen molar-refractivity contribution in [3.05, 3.63) is 24.3 Å². The van der Waals surface area contributed by atoms with E-state index in [9.17, 15) is 13.2 Å². The molecule has 2 aliphatic heterocycles. The molecular weight excluding hydrogens is 280 g/mol. The van der Waals surface area contributed by atoms with Gasteiger partial charge in [-0.05, 0) is 12.1 Å². The Morgan fingerprint density at radius 1 is 1.25 bits per heavy atom. The molecule has 1 aromatic rings. The summed E-state index contributed by atoms with van der Waals surface area (Å²) in [6.45, 7) is 0.907. The first kappa shape index (κ1) is 13.2. The Labute approximate surface area is 117 Å². The van der Waals surface area contributed by atoms with Gasteiger partial charge in [0, 0.05) is 13.1 Å². The molecule has 2 aliphatic rings. The monoisotopic (exact) mass is 296 g/mol. The summed E-state index contributed by atoms with van der Waals surface area (Å²) in [7, 11) is -2.98. The lowest BCUT2D eigenvalue weighted by Gasteiger charge is -2.33. The highest BCUT2D eigenvalue weighted by Crippen LogP contribution is 2.28. The lowest BCUT2D eigenvalue weighted by molar-refractivity contribution is -0.138. The summed E-state index contributed by atoms with van der Waals surface area (Å²) in [5.74, 6) is 0.578. The van der Waals surface area contributed by atoms with Gasteiger partial charge in [-0.3, -0.25) is 4.79 Å². The van der Waals surface area contributed by atoms with Gasteiger partial charge < -0.3 is 15.0 Å². The van der Waals surface area contributed by atoms with E-state index in [0.29, 0.717) is 12.3 Å². The lowest BCUT2D eigenvalue weighted by Crippen LogP contribution is -2.51. The number of ether oxygens (including phenoxy) is 1. The highest BCUT2D eigenvalue weighted by atomic mass is 32.2. The van der Waals surface area contributed by atoms with Gasteiger partial charge in [0.2, 0.25) is 0 Å². The minimum atomic E-state index is -2.98. The summed E-state index contributed by atoms with van der Waals surface area (Å²) < 4.78 is 28.4. The van der Waals surface area contributed by atoms with Crippen LogP contribution in [0.15, 0.2) is 24.3 Å². The number of benzene rings is 1. The van der Waals surface area contributed by atoms with Crippen LogP contribution in [0, 0.1) is 0 Å². The van der Waals surface area contributed by atoms with Crippen LogP contribution in [0.2, 0.25) is 0 Å². The molecule has 0 radical (unpaired) electrons. The van der Waals surface area contributed by atoms with Crippen molar-refractivity contribution in [3.63, 3.8) is 0 Å². The number of amides is 1. The fraction of sp³-hybridized carbons (Fsp3) is 0.462. The zero-order chi connectivity index (χ0) is 14.2. The first-order valence-corrected chi connectivity index (χ1v) is 8.36. The number of carbonyl (C=O) groups excluding carboxylic acids is 1. The van der Waals surface area contributed by atoms with Crippen LogP contribution in [0.4, 0.5) is 5.69 Å². The summed E-state index contributed by atoms with van der Waals surface area (Å²) >= 11 is 0. The Morgan fingerprint density at radius 2 is 1.95 bits per heavy atom. The number of rotatable bonds is 1. The van der Waals surface area contributed by atoms with E-state index in [1.165, 1.54) is 0 Å². The maximum atomic E-state index is 12.3. The van der Waals surface area contributed by atoms with Crippen LogP contribution in [-0.4, -0.2) is 56.5 Å². The summed E-state index contributed by atoms with van der Waals surface area (Å²) in [5.41, 5.74) is 0.873. The molecule has 0 aromatic heterocycles. The Balaban J connectivity index is 1.68. The second kappa shape index (κ2) is 4.97. The van der Waals surface area contributed by atoms with E-state index >= 15 is 0 Å². The van der Waals surface area contributed by atoms with Crippen molar-refractivity contribution in [1.29, 1.82) is 0 Å². The topological polar surface area (TPSA) is 75.7 Å². The number of carbonyl (C=O) groups is 1. The third kappa shape index (κ3) is 2.58. The quantitative estimate of drug-likeness (QED) is 0.796. The van der Waals surface area contributed by atoms with Gasteiger partial charge >= 0.3 is 0 Å². The van der Waals surface area contributed by atoms with Crippen LogP contribution in [-0.2, 0) is 14.6 Å². The van der Waals surface area contributed by atoms with Gasteiger partial charge in [0.05, 0.1) is 23.7 Å². The molecule has 0 spiro atoms. The van der Waals surface area contributed by atoms with Gasteiger partial charge in [-0.25, -0.2) is 8.42 Å². The van der Waals surface area contributed by atoms with E-state index in [1.807, 2.05) is 24.3 Å². The van der Waals surface area contributed by atoms with Gasteiger partial charge in [0.25, 0.3) is 5.91 Å². The maximum absolute atomic E-state index is 12.3. The van der Waals surface area contributed by atoms with Crippen LogP contribution in [0.25, 0.3) is 0 Å². The number of nitrogens with one attached hydrogen (secondary N) is 1. The molecule has 108 valence electrons. The normalized spacial score (nSPS) is 24.2. The molecule has 1 saturated heterocycles. The lowest BCUT2D eigenvalue weighted by atomic mass is 10.2. The number of sulfone groups is 1. The standard InChI is InChI=1S/C13H16N2O4S/c16-13(15-5-7-20(17,18)8-6-15)12-9-14-10-3-1-2-4-11(10)19-12/h1-4,12,14H,5-9H2. The Hall–Kier alpha value is -1.76. The van der Waals surface area contributed by atoms with Gasteiger partial charge in [0.1, 0.15) is 5.75 Å². The highest BCUT2D eigenvalue weighted by molar-refractivity contribution is 7.91. The van der Waals surface area contributed by atoms with Crippen LogP contribution < -0.4 is 10.1 Å². The predicted molar refractivity (Wildman–Crippen MR) is 74.6 cm³/mol. The third-order valence-electron chi connectivity index (χ3n) is 3.57. The van der Waals surface area contributed by atoms with Crippen LogP contribution in [0.5, 0.6) is 5.75 Å². The van der Waals surface area contributed by atoms with Crippen molar-refractivity contribution in [1.82, 2.24) is 4.90 Å². The molecule has 20 heavy (non-hydrogen) atoms. The molecule has 1 atom stereocenters. The minimum Gasteiger partial charge on any atom is -0.477 e. The number of fused-ring (bicyclic) bond motifs is 1. The van der Waals surface area contributed by atoms with Gasteiger partial charge in [0.15, 0.2) is 15.9 Å². The minimum absolute atomic E-state index is 0.0372. The average Bonchev–Trinajstić information content (AvgIpc) is 2.46. The number of nitrogens with zero attached hydrogens (tertiary/aromatic N) is 1. The van der Waals surface area contributed by atoms with Crippen LogP contribution >= 0.6 is 0 Å². The van der Waals surface area contributed by atoms with Gasteiger partial charge in [-0.15, -0.1) is 0 Å². The SMILES string of the molecule is O=C(C1CNc2ccccc2O1)N1CCS(=O)(=O)CC1. The summed E-state index contributed by atoms with van der Waals surface area (Å²) in [6, 6.07) is 7.44. The Bertz CT molecular complexity index is 615. The molecule has 1 fully saturated rings. The fourth-order valence-corrected chi connectivity index (χ4v) is 3.59. The maximum Gasteiger partial charge on any atom is 0.265 e. The second-order valence-electron chi connectivity index (χ2n) is 4.96. The van der Waals surface area contributed by atoms with E-state index in [2.05, 4.69) is 5.32 Å².